The third-order valence-electron chi connectivity index (χ3n) is 4.99. The minimum atomic E-state index is -0.405. The summed E-state index contributed by atoms with van der Waals surface area (Å²) in [6.07, 6.45) is 1.51. The number of hydrogen-bond acceptors (Lipinski definition) is 4. The fourth-order valence-corrected chi connectivity index (χ4v) is 3.60. The predicted octanol–water partition coefficient (Wildman–Crippen LogP) is 1.10. The van der Waals surface area contributed by atoms with Crippen LogP contribution in [0.2, 0.25) is 0 Å². The lowest BCUT2D eigenvalue weighted by molar-refractivity contribution is -0.137. The van der Waals surface area contributed by atoms with Crippen molar-refractivity contribution < 1.29 is 9.59 Å². The normalized spacial score (nSPS) is 22.8. The highest BCUT2D eigenvalue weighted by molar-refractivity contribution is 5.88. The second-order valence-corrected chi connectivity index (χ2v) is 7.90. The van der Waals surface area contributed by atoms with Crippen LogP contribution in [0.3, 0.4) is 0 Å². The maximum atomic E-state index is 12.9. The Balaban J connectivity index is 0.00000312. The zero-order valence-electron chi connectivity index (χ0n) is 16.1. The van der Waals surface area contributed by atoms with Crippen molar-refractivity contribution >= 4 is 24.2 Å². The monoisotopic (exact) mass is 374 g/mol. The highest BCUT2D eigenvalue weighted by Gasteiger charge is 2.35. The van der Waals surface area contributed by atoms with E-state index in [1.54, 1.807) is 0 Å². The molecule has 2 heterocycles. The summed E-state index contributed by atoms with van der Waals surface area (Å²) in [5.41, 5.74) is 0. The van der Waals surface area contributed by atoms with Gasteiger partial charge in [0.1, 0.15) is 6.04 Å². The van der Waals surface area contributed by atoms with Crippen LogP contribution in [0.5, 0.6) is 0 Å². The molecule has 146 valence electrons. The summed E-state index contributed by atoms with van der Waals surface area (Å²) in [6.45, 7) is 13.8. The van der Waals surface area contributed by atoms with Crippen LogP contribution in [0, 0.1) is 11.8 Å². The van der Waals surface area contributed by atoms with Crippen molar-refractivity contribution in [1.82, 2.24) is 20.4 Å². The fourth-order valence-electron chi connectivity index (χ4n) is 3.60. The molecule has 2 atom stereocenters. The topological polar surface area (TPSA) is 64.7 Å². The van der Waals surface area contributed by atoms with Crippen molar-refractivity contribution in [3.8, 4) is 0 Å². The first kappa shape index (κ1) is 22.2. The number of carbonyl (C=O) groups is 2. The summed E-state index contributed by atoms with van der Waals surface area (Å²) in [5, 5.41) is 6.34. The van der Waals surface area contributed by atoms with E-state index in [4.69, 9.17) is 0 Å². The zero-order valence-corrected chi connectivity index (χ0v) is 16.9. The van der Waals surface area contributed by atoms with Gasteiger partial charge < -0.3 is 15.5 Å². The van der Waals surface area contributed by atoms with Crippen LogP contribution >= 0.6 is 12.4 Å². The zero-order chi connectivity index (χ0) is 17.7. The Morgan fingerprint density at radius 1 is 1.12 bits per heavy atom. The Morgan fingerprint density at radius 3 is 2.32 bits per heavy atom. The molecule has 2 fully saturated rings. The van der Waals surface area contributed by atoms with Gasteiger partial charge in [-0.15, -0.1) is 12.4 Å². The van der Waals surface area contributed by atoms with Crippen LogP contribution in [0.25, 0.3) is 0 Å². The molecule has 2 aliphatic rings. The van der Waals surface area contributed by atoms with Crippen molar-refractivity contribution in [2.75, 3.05) is 39.3 Å². The van der Waals surface area contributed by atoms with Crippen molar-refractivity contribution in [2.45, 2.75) is 52.6 Å². The van der Waals surface area contributed by atoms with Gasteiger partial charge in [-0.2, -0.15) is 0 Å². The molecule has 2 saturated heterocycles. The van der Waals surface area contributed by atoms with Gasteiger partial charge in [0.05, 0.1) is 0 Å². The van der Waals surface area contributed by atoms with E-state index in [0.29, 0.717) is 18.4 Å². The van der Waals surface area contributed by atoms with Gasteiger partial charge in [0.15, 0.2) is 0 Å². The van der Waals surface area contributed by atoms with E-state index in [-0.39, 0.29) is 30.1 Å². The minimum absolute atomic E-state index is 0. The van der Waals surface area contributed by atoms with Crippen LogP contribution in [0.1, 0.15) is 40.5 Å². The maximum Gasteiger partial charge on any atom is 0.245 e. The molecule has 6 nitrogen and oxygen atoms in total. The van der Waals surface area contributed by atoms with E-state index in [1.807, 2.05) is 32.6 Å². The van der Waals surface area contributed by atoms with Crippen LogP contribution < -0.4 is 10.6 Å². The van der Waals surface area contributed by atoms with Crippen LogP contribution in [-0.2, 0) is 9.59 Å². The average Bonchev–Trinajstić information content (AvgIpc) is 3.02. The lowest BCUT2D eigenvalue weighted by Crippen LogP contribution is -2.52. The Morgan fingerprint density at radius 2 is 1.76 bits per heavy atom. The van der Waals surface area contributed by atoms with Crippen LogP contribution in [0.15, 0.2) is 0 Å². The third-order valence-corrected chi connectivity index (χ3v) is 4.99. The Hall–Kier alpha value is -0.850. The van der Waals surface area contributed by atoms with Gasteiger partial charge in [-0.05, 0) is 18.3 Å². The van der Waals surface area contributed by atoms with Crippen LogP contribution in [0.4, 0.5) is 0 Å². The number of nitrogens with one attached hydrogen (secondary N) is 2. The first-order chi connectivity index (χ1) is 11.4. The van der Waals surface area contributed by atoms with Crippen LogP contribution in [-0.4, -0.2) is 73.0 Å². The summed E-state index contributed by atoms with van der Waals surface area (Å²) in [7, 11) is 0. The number of likely N-dealkylation sites (tertiary alicyclic amines) is 1. The maximum absolute atomic E-state index is 12.9. The van der Waals surface area contributed by atoms with Gasteiger partial charge in [0, 0.05) is 51.7 Å². The molecule has 0 aromatic rings. The van der Waals surface area contributed by atoms with E-state index in [0.717, 1.165) is 45.7 Å². The molecule has 0 saturated carbocycles. The molecule has 2 aliphatic heterocycles. The Bertz CT molecular complexity index is 439. The molecule has 0 spiro atoms. The number of hydrogen-bond donors (Lipinski definition) is 2. The lowest BCUT2D eigenvalue weighted by atomic mass is 10.0. The highest BCUT2D eigenvalue weighted by Crippen LogP contribution is 2.19. The van der Waals surface area contributed by atoms with E-state index >= 15 is 0 Å². The molecular weight excluding hydrogens is 340 g/mol. The van der Waals surface area contributed by atoms with Gasteiger partial charge in [-0.3, -0.25) is 14.5 Å². The summed E-state index contributed by atoms with van der Waals surface area (Å²) >= 11 is 0. The SMILES string of the molecule is CC(C)CC(=O)NC(C(=O)N1CCC(N2CCNCC2)C1)C(C)C.Cl. The summed E-state index contributed by atoms with van der Waals surface area (Å²) in [5.74, 6) is 0.471. The molecule has 2 unspecified atom stereocenters. The molecule has 0 aromatic carbocycles. The molecule has 0 aliphatic carbocycles. The molecule has 0 aromatic heterocycles. The number of nitrogens with zero attached hydrogens (tertiary/aromatic N) is 2. The molecule has 7 heteroatoms. The number of carbonyl (C=O) groups excluding carboxylic acids is 2. The molecule has 0 bridgehead atoms. The molecule has 2 N–H and O–H groups in total. The molecule has 2 amide bonds. The van der Waals surface area contributed by atoms with E-state index in [9.17, 15) is 9.59 Å². The number of halogens is 1. The number of rotatable bonds is 6. The van der Waals surface area contributed by atoms with Gasteiger partial charge >= 0.3 is 0 Å². The van der Waals surface area contributed by atoms with E-state index < -0.39 is 6.04 Å². The Labute approximate surface area is 158 Å². The van der Waals surface area contributed by atoms with E-state index in [2.05, 4.69) is 15.5 Å². The summed E-state index contributed by atoms with van der Waals surface area (Å²) < 4.78 is 0. The largest absolute Gasteiger partial charge is 0.344 e. The highest BCUT2D eigenvalue weighted by atomic mass is 35.5. The van der Waals surface area contributed by atoms with Crippen molar-refractivity contribution in [3.05, 3.63) is 0 Å². The minimum Gasteiger partial charge on any atom is -0.344 e. The fraction of sp³-hybridized carbons (Fsp3) is 0.889. The molecular formula is C18H35ClN4O2. The number of piperazine rings is 1. The third kappa shape index (κ3) is 6.42. The first-order valence-electron chi connectivity index (χ1n) is 9.41. The van der Waals surface area contributed by atoms with Gasteiger partial charge in [0.2, 0.25) is 11.8 Å². The summed E-state index contributed by atoms with van der Waals surface area (Å²) in [4.78, 5) is 29.5. The molecule has 2 rings (SSSR count). The standard InChI is InChI=1S/C18H34N4O2.ClH/c1-13(2)11-16(23)20-17(14(3)4)18(24)22-8-5-15(12-22)21-9-6-19-7-10-21;/h13-15,17,19H,5-12H2,1-4H3,(H,20,23);1H. The van der Waals surface area contributed by atoms with Gasteiger partial charge in [-0.25, -0.2) is 0 Å². The predicted molar refractivity (Wildman–Crippen MR) is 103 cm³/mol. The quantitative estimate of drug-likeness (QED) is 0.730. The smallest absolute Gasteiger partial charge is 0.245 e. The Kier molecular flexibility index (Phi) is 9.17. The average molecular weight is 375 g/mol. The van der Waals surface area contributed by atoms with Crippen molar-refractivity contribution in [3.63, 3.8) is 0 Å². The molecule has 25 heavy (non-hydrogen) atoms. The van der Waals surface area contributed by atoms with E-state index in [1.165, 1.54) is 0 Å². The second-order valence-electron chi connectivity index (χ2n) is 7.90. The molecule has 0 radical (unpaired) electrons. The second kappa shape index (κ2) is 10.3. The number of amides is 2. The van der Waals surface area contributed by atoms with Crippen molar-refractivity contribution in [1.29, 1.82) is 0 Å². The first-order valence-corrected chi connectivity index (χ1v) is 9.41. The van der Waals surface area contributed by atoms with Crippen molar-refractivity contribution in [2.24, 2.45) is 11.8 Å². The lowest BCUT2D eigenvalue weighted by Gasteiger charge is -2.33. The van der Waals surface area contributed by atoms with Gasteiger partial charge in [0.25, 0.3) is 0 Å². The summed E-state index contributed by atoms with van der Waals surface area (Å²) in [6, 6.07) is 0.0632. The van der Waals surface area contributed by atoms with Gasteiger partial charge in [-0.1, -0.05) is 27.7 Å².